The maximum absolute atomic E-state index is 12.1. The molecule has 1 aliphatic heterocycles. The van der Waals surface area contributed by atoms with E-state index in [0.29, 0.717) is 15.5 Å². The molecule has 48 heavy (non-hydrogen) atoms. The van der Waals surface area contributed by atoms with Gasteiger partial charge >= 0.3 is 90.1 Å². The zero-order valence-electron chi connectivity index (χ0n) is 27.7. The van der Waals surface area contributed by atoms with Crippen molar-refractivity contribution < 1.29 is 122 Å². The van der Waals surface area contributed by atoms with Crippen LogP contribution in [0.2, 0.25) is 0 Å². The minimum Gasteiger partial charge on any atom is -0.917 e. The van der Waals surface area contributed by atoms with Gasteiger partial charge in [-0.15, -0.1) is 5.75 Å². The Morgan fingerprint density at radius 1 is 0.479 bits per heavy atom. The second-order valence-electron chi connectivity index (χ2n) is 9.45. The molecule has 7 nitrogen and oxygen atoms in total. The molecule has 0 saturated heterocycles. The molecule has 0 fully saturated rings. The van der Waals surface area contributed by atoms with Crippen LogP contribution in [0.5, 0.6) is 11.5 Å². The van der Waals surface area contributed by atoms with E-state index < -0.39 is 20.8 Å². The first-order valence-electron chi connectivity index (χ1n) is 13.6. The van der Waals surface area contributed by atoms with E-state index >= 15 is 0 Å². The molecule has 0 aromatic heterocycles. The predicted octanol–water partition coefficient (Wildman–Crippen LogP) is -1.46. The van der Waals surface area contributed by atoms with Crippen molar-refractivity contribution >= 4 is 20.8 Å². The first kappa shape index (κ1) is 43.8. The van der Waals surface area contributed by atoms with Crippen molar-refractivity contribution in [2.45, 2.75) is 9.79 Å². The fourth-order valence-corrected chi connectivity index (χ4v) is 6.31. The van der Waals surface area contributed by atoms with Crippen LogP contribution in [0.25, 0.3) is 33.4 Å². The average Bonchev–Trinajstić information content (AvgIpc) is 3.29. The van der Waals surface area contributed by atoms with Crippen molar-refractivity contribution in [2.75, 3.05) is 0 Å². The van der Waals surface area contributed by atoms with Crippen LogP contribution in [0.1, 0.15) is 1.43 Å². The van der Waals surface area contributed by atoms with Crippen LogP contribution in [0.15, 0.2) is 168 Å². The summed E-state index contributed by atoms with van der Waals surface area (Å²) in [6, 6.07) is 48.2. The Balaban J connectivity index is 0.000000645. The van der Waals surface area contributed by atoms with Gasteiger partial charge in [0.05, 0.1) is 9.79 Å². The summed E-state index contributed by atoms with van der Waals surface area (Å²) in [5, 5.41) is 21.0. The fraction of sp³-hybridized carbons (Fsp3) is 0. The standard InChI is InChI=1S/C12H8O2S.2C12H10O.3Na.O3S/c13-15(14)11-7-3-1-5-9(11)10-6-2-4-8-12(10)15;2*13-12-9-5-4-8-11(12)10-6-2-1-3-7-10;;;;1-4(2)3/h1-8H;2*1-9,13H;;;;/q;;;3*+1;-2. The molecule has 12 heteroatoms. The Kier molecular flexibility index (Phi) is 19.9. The van der Waals surface area contributed by atoms with Crippen molar-refractivity contribution in [2.24, 2.45) is 0 Å². The van der Waals surface area contributed by atoms with E-state index in [9.17, 15) is 18.6 Å². The largest absolute Gasteiger partial charge is 1.00 e. The zero-order valence-corrected chi connectivity index (χ0v) is 34.4. The van der Waals surface area contributed by atoms with Gasteiger partial charge in [0.2, 0.25) is 9.84 Å². The fourth-order valence-electron chi connectivity index (χ4n) is 4.62. The molecule has 0 atom stereocenters. The van der Waals surface area contributed by atoms with Crippen LogP contribution >= 0.6 is 0 Å². The van der Waals surface area contributed by atoms with Gasteiger partial charge < -0.3 is 23.2 Å². The third-order valence-electron chi connectivity index (χ3n) is 6.60. The molecule has 0 radical (unpaired) electrons. The molecule has 0 unspecified atom stereocenters. The second-order valence-corrected chi connectivity index (χ2v) is 11.7. The van der Waals surface area contributed by atoms with Gasteiger partial charge in [0.25, 0.3) is 0 Å². The van der Waals surface area contributed by atoms with Crippen molar-refractivity contribution in [3.8, 4) is 44.9 Å². The van der Waals surface area contributed by atoms with Gasteiger partial charge in [-0.05, 0) is 34.9 Å². The van der Waals surface area contributed by atoms with E-state index in [1.54, 1.807) is 42.5 Å². The Hall–Kier alpha value is -2.22. The molecule has 0 aliphatic carbocycles. The number of hydrogen-bond donors (Lipinski definition) is 1. The molecule has 1 N–H and O–H groups in total. The third-order valence-corrected chi connectivity index (χ3v) is 8.47. The number of phenols is 1. The van der Waals surface area contributed by atoms with Gasteiger partial charge in [-0.1, -0.05) is 140 Å². The van der Waals surface area contributed by atoms with Crippen LogP contribution in [0, 0.1) is 0 Å². The van der Waals surface area contributed by atoms with Crippen LogP contribution in [0.4, 0.5) is 0 Å². The van der Waals surface area contributed by atoms with Gasteiger partial charge in [-0.2, -0.15) is 11.0 Å². The molecule has 0 amide bonds. The first-order valence-corrected chi connectivity index (χ1v) is 16.0. The summed E-state index contributed by atoms with van der Waals surface area (Å²) >= 11 is 0. The van der Waals surface area contributed by atoms with Crippen molar-refractivity contribution in [3.05, 3.63) is 158 Å². The van der Waals surface area contributed by atoms with Crippen LogP contribution in [-0.2, 0) is 29.2 Å². The van der Waals surface area contributed by atoms with Gasteiger partial charge in [0, 0.05) is 16.7 Å². The molecule has 0 bridgehead atoms. The minimum absolute atomic E-state index is 0. The second kappa shape index (κ2) is 21.8. The minimum atomic E-state index is -3.26. The van der Waals surface area contributed by atoms with Crippen molar-refractivity contribution in [3.63, 3.8) is 0 Å². The summed E-state index contributed by atoms with van der Waals surface area (Å²) in [6.07, 6.45) is 0. The Morgan fingerprint density at radius 2 is 0.792 bits per heavy atom. The van der Waals surface area contributed by atoms with Crippen molar-refractivity contribution in [1.82, 2.24) is 0 Å². The number of fused-ring (bicyclic) bond motifs is 3. The summed E-state index contributed by atoms with van der Waals surface area (Å²) in [5.74, 6) is 0.405. The number of aromatic hydroxyl groups is 1. The predicted molar refractivity (Wildman–Crippen MR) is 173 cm³/mol. The maximum atomic E-state index is 12.1. The van der Waals surface area contributed by atoms with Gasteiger partial charge in [0.15, 0.2) is 0 Å². The number of sulfone groups is 1. The quantitative estimate of drug-likeness (QED) is 0.101. The monoisotopic (exact) mass is 705 g/mol. The van der Waals surface area contributed by atoms with E-state index in [-0.39, 0.29) is 95.8 Å². The van der Waals surface area contributed by atoms with E-state index in [2.05, 4.69) is 0 Å². The average molecular weight is 706 g/mol. The summed E-state index contributed by atoms with van der Waals surface area (Å²) in [6.45, 7) is 0. The summed E-state index contributed by atoms with van der Waals surface area (Å²) < 4.78 is 49.5. The molecule has 6 aromatic rings. The zero-order chi connectivity index (χ0) is 32.2. The molecule has 1 aliphatic rings. The Labute approximate surface area is 350 Å². The normalized spacial score (nSPS) is 11.0. The SMILES string of the molecule is O=S1(=O)c2ccccc2-c2ccccc21.O=[S-](=O)[O-].Oc1ccccc1-c1ccccc1.[H+].[Na+].[Na+].[Na+].[O-]c1ccccc1-c1ccccc1. The van der Waals surface area contributed by atoms with E-state index in [1.165, 1.54) is 0 Å². The molecule has 6 aromatic carbocycles. The van der Waals surface area contributed by atoms with Crippen LogP contribution in [-0.4, -0.2) is 18.1 Å². The third kappa shape index (κ3) is 12.0. The smallest absolute Gasteiger partial charge is 0.917 e. The molecular weight excluding hydrogens is 677 g/mol. The number of rotatable bonds is 2. The van der Waals surface area contributed by atoms with Crippen LogP contribution in [0.3, 0.4) is 0 Å². The van der Waals surface area contributed by atoms with Crippen LogP contribution < -0.4 is 93.8 Å². The van der Waals surface area contributed by atoms with Gasteiger partial charge in [-0.25, -0.2) is 8.42 Å². The number of phenolic OH excluding ortho intramolecular Hbond substituents is 1. The topological polar surface area (TPSA) is 135 Å². The van der Waals surface area contributed by atoms with Gasteiger partial charge in [0.1, 0.15) is 5.75 Å². The molecular formula is C36H28Na3O7S2+. The molecule has 0 spiro atoms. The van der Waals surface area contributed by atoms with E-state index in [4.69, 9.17) is 13.0 Å². The Bertz CT molecular complexity index is 1920. The van der Waals surface area contributed by atoms with Crippen molar-refractivity contribution in [1.29, 1.82) is 0 Å². The number of para-hydroxylation sites is 2. The van der Waals surface area contributed by atoms with E-state index in [0.717, 1.165) is 33.4 Å². The number of hydrogen-bond acceptors (Lipinski definition) is 8. The molecule has 1 heterocycles. The summed E-state index contributed by atoms with van der Waals surface area (Å²) in [4.78, 5) is 0.845. The first-order chi connectivity index (χ1) is 21.7. The summed E-state index contributed by atoms with van der Waals surface area (Å²) in [7, 11) is -6.38. The molecule has 228 valence electrons. The summed E-state index contributed by atoms with van der Waals surface area (Å²) in [5.41, 5.74) is 5.29. The number of benzene rings is 6. The van der Waals surface area contributed by atoms with Gasteiger partial charge in [-0.3, -0.25) is 0 Å². The molecule has 7 rings (SSSR count). The maximum Gasteiger partial charge on any atom is 1.00 e. The van der Waals surface area contributed by atoms with E-state index in [1.807, 2.05) is 115 Å². The molecule has 0 saturated carbocycles. The Morgan fingerprint density at radius 3 is 1.21 bits per heavy atom.